The number of hydrogen-bond donors (Lipinski definition) is 2. The number of hydrazine groups is 1. The summed E-state index contributed by atoms with van der Waals surface area (Å²) in [5.41, 5.74) is 3.59. The van der Waals surface area contributed by atoms with E-state index in [-0.39, 0.29) is 61.4 Å². The molecular formula is C48H59Cl4N5O4S. The van der Waals surface area contributed by atoms with Crippen molar-refractivity contribution in [1.29, 1.82) is 0 Å². The van der Waals surface area contributed by atoms with Crippen LogP contribution in [-0.2, 0) is 14.4 Å². The molecular weight excluding hydrogens is 884 g/mol. The minimum atomic E-state index is -1.04. The predicted molar refractivity (Wildman–Crippen MR) is 259 cm³/mol. The zero-order chi connectivity index (χ0) is 44.8. The van der Waals surface area contributed by atoms with Crippen molar-refractivity contribution in [2.75, 3.05) is 9.91 Å². The molecule has 0 aromatic heterocycles. The van der Waals surface area contributed by atoms with E-state index in [4.69, 9.17) is 51.4 Å². The van der Waals surface area contributed by atoms with Gasteiger partial charge in [0.05, 0.1) is 37.9 Å². The second-order valence-corrected chi connectivity index (χ2v) is 19.8. The number of allylic oxidation sites excluding steroid dienone is 1. The van der Waals surface area contributed by atoms with Crippen molar-refractivity contribution in [2.45, 2.75) is 146 Å². The molecule has 62 heavy (non-hydrogen) atoms. The summed E-state index contributed by atoms with van der Waals surface area (Å²) < 4.78 is 0. The fourth-order valence-electron chi connectivity index (χ4n) is 7.51. The zero-order valence-corrected chi connectivity index (χ0v) is 40.1. The molecule has 3 aromatic carbocycles. The largest absolute Gasteiger partial charge is 0.347 e. The maximum atomic E-state index is 14.3. The van der Waals surface area contributed by atoms with Gasteiger partial charge in [-0.1, -0.05) is 161 Å². The van der Waals surface area contributed by atoms with Crippen molar-refractivity contribution in [2.24, 2.45) is 10.9 Å². The van der Waals surface area contributed by atoms with E-state index in [1.807, 2.05) is 32.9 Å². The Labute approximate surface area is 391 Å². The van der Waals surface area contributed by atoms with Crippen LogP contribution >= 0.6 is 58.2 Å². The van der Waals surface area contributed by atoms with E-state index in [0.29, 0.717) is 16.1 Å². The maximum Gasteiger partial charge on any atom is 0.267 e. The van der Waals surface area contributed by atoms with E-state index in [9.17, 15) is 19.2 Å². The summed E-state index contributed by atoms with van der Waals surface area (Å²) in [5.74, 6) is -1.85. The number of carbonyl (C=O) groups is 4. The number of amides is 4. The van der Waals surface area contributed by atoms with E-state index >= 15 is 0 Å². The summed E-state index contributed by atoms with van der Waals surface area (Å²) in [6.45, 7) is 7.91. The van der Waals surface area contributed by atoms with Crippen LogP contribution in [0.1, 0.15) is 141 Å². The van der Waals surface area contributed by atoms with Gasteiger partial charge in [0, 0.05) is 21.9 Å². The SMILES string of the molecule is CCCCCCCCCCCCCCCCC=CC1CC(=O)N(c2ccc(Cl)c(N=C3NN(c4c(Cl)cc(Cl)cc4Cl)C(=O)C3Sc3ccccc3C(=O)NC(C)(C)C)c2)C1=O. The molecule has 0 saturated carbocycles. The Bertz CT molecular complexity index is 2100. The molecule has 2 atom stereocenters. The molecule has 9 nitrogen and oxygen atoms in total. The molecule has 2 unspecified atom stereocenters. The lowest BCUT2D eigenvalue weighted by Crippen LogP contribution is -2.40. The Morgan fingerprint density at radius 3 is 2.02 bits per heavy atom. The Morgan fingerprint density at radius 2 is 1.40 bits per heavy atom. The number of benzene rings is 3. The summed E-state index contributed by atoms with van der Waals surface area (Å²) in [4.78, 5) is 61.2. The number of aliphatic imine (C=N–C) groups is 1. The van der Waals surface area contributed by atoms with E-state index in [1.165, 1.54) is 99.1 Å². The molecule has 2 fully saturated rings. The molecule has 0 bridgehead atoms. The van der Waals surface area contributed by atoms with Crippen molar-refractivity contribution in [3.8, 4) is 0 Å². The average molecular weight is 944 g/mol. The third kappa shape index (κ3) is 14.0. The fraction of sp³-hybridized carbons (Fsp3) is 0.479. The van der Waals surface area contributed by atoms with E-state index in [1.54, 1.807) is 42.5 Å². The van der Waals surface area contributed by atoms with Crippen LogP contribution in [-0.4, -0.2) is 40.3 Å². The van der Waals surface area contributed by atoms with Crippen molar-refractivity contribution in [3.63, 3.8) is 0 Å². The molecule has 2 aliphatic heterocycles. The number of nitrogens with one attached hydrogen (secondary N) is 2. The van der Waals surface area contributed by atoms with Crippen LogP contribution in [0.3, 0.4) is 0 Å². The molecule has 14 heteroatoms. The highest BCUT2D eigenvalue weighted by Gasteiger charge is 2.42. The number of amidine groups is 1. The van der Waals surface area contributed by atoms with E-state index in [2.05, 4.69) is 17.7 Å². The summed E-state index contributed by atoms with van der Waals surface area (Å²) in [6.07, 6.45) is 23.0. The van der Waals surface area contributed by atoms with Crippen molar-refractivity contribution in [1.82, 2.24) is 10.7 Å². The molecule has 2 heterocycles. The van der Waals surface area contributed by atoms with Gasteiger partial charge in [0.25, 0.3) is 11.8 Å². The number of thioether (sulfide) groups is 1. The molecule has 0 spiro atoms. The lowest BCUT2D eigenvalue weighted by atomic mass is 10.0. The van der Waals surface area contributed by atoms with Gasteiger partial charge < -0.3 is 5.32 Å². The van der Waals surface area contributed by atoms with Gasteiger partial charge in [-0.05, 0) is 76.1 Å². The topological polar surface area (TPSA) is 111 Å². The molecule has 0 aliphatic carbocycles. The van der Waals surface area contributed by atoms with Crippen molar-refractivity contribution < 1.29 is 19.2 Å². The molecule has 2 aliphatic rings. The molecule has 334 valence electrons. The number of rotatable bonds is 22. The first kappa shape index (κ1) is 49.5. The summed E-state index contributed by atoms with van der Waals surface area (Å²) in [5, 5.41) is 3.87. The molecule has 0 radical (unpaired) electrons. The second kappa shape index (κ2) is 23.9. The van der Waals surface area contributed by atoms with Crippen LogP contribution in [0.2, 0.25) is 20.1 Å². The Hall–Kier alpha value is -3.54. The summed E-state index contributed by atoms with van der Waals surface area (Å²) in [7, 11) is 0. The third-order valence-electron chi connectivity index (χ3n) is 10.7. The first-order valence-electron chi connectivity index (χ1n) is 21.9. The van der Waals surface area contributed by atoms with Gasteiger partial charge in [-0.15, -0.1) is 11.8 Å². The van der Waals surface area contributed by atoms with Gasteiger partial charge in [-0.25, -0.2) is 14.9 Å². The monoisotopic (exact) mass is 941 g/mol. The molecule has 5 rings (SSSR count). The standard InChI is InChI=1S/C48H59Cl4N5O4S/c1-5-6-7-8-9-10-11-12-13-14-15-16-17-18-19-20-23-32-28-41(58)56(46(32)60)34-26-27-36(50)39(31-34)53-44-43(47(61)57(55-44)42-37(51)29-33(49)30-38(42)52)62-40-25-22-21-24-35(40)45(59)54-48(2,3)4/h20-27,29-32,43H,5-19,28H2,1-4H3,(H,53,55)(H,54,59). The smallest absolute Gasteiger partial charge is 0.267 e. The summed E-state index contributed by atoms with van der Waals surface area (Å²) >= 11 is 27.2. The van der Waals surface area contributed by atoms with Crippen molar-refractivity contribution in [3.05, 3.63) is 92.4 Å². The molecule has 2 N–H and O–H groups in total. The van der Waals surface area contributed by atoms with Gasteiger partial charge in [0.1, 0.15) is 16.8 Å². The molecule has 3 aromatic rings. The predicted octanol–water partition coefficient (Wildman–Crippen LogP) is 13.9. The van der Waals surface area contributed by atoms with Gasteiger partial charge in [0.2, 0.25) is 11.8 Å². The van der Waals surface area contributed by atoms with Crippen LogP contribution in [0.5, 0.6) is 0 Å². The Balaban J connectivity index is 1.25. The third-order valence-corrected chi connectivity index (χ3v) is 13.1. The lowest BCUT2D eigenvalue weighted by Gasteiger charge is -2.21. The quantitative estimate of drug-likeness (QED) is 0.0590. The minimum Gasteiger partial charge on any atom is -0.347 e. The Kier molecular flexibility index (Phi) is 19.1. The summed E-state index contributed by atoms with van der Waals surface area (Å²) in [6, 6.07) is 14.6. The van der Waals surface area contributed by atoms with E-state index < -0.39 is 22.6 Å². The zero-order valence-electron chi connectivity index (χ0n) is 36.2. The van der Waals surface area contributed by atoms with Crippen LogP contribution < -0.4 is 20.7 Å². The van der Waals surface area contributed by atoms with Crippen LogP contribution in [0.25, 0.3) is 0 Å². The second-order valence-electron chi connectivity index (χ2n) is 17.0. The number of imide groups is 1. The fourth-order valence-corrected chi connectivity index (χ4v) is 9.78. The van der Waals surface area contributed by atoms with Gasteiger partial charge in [0.15, 0.2) is 0 Å². The number of hydrogen-bond acceptors (Lipinski definition) is 6. The first-order valence-corrected chi connectivity index (χ1v) is 24.3. The minimum absolute atomic E-state index is 0.0646. The number of anilines is 2. The number of halogens is 4. The number of nitrogens with zero attached hydrogens (tertiary/aromatic N) is 3. The highest BCUT2D eigenvalue weighted by Crippen LogP contribution is 2.41. The highest BCUT2D eigenvalue weighted by atomic mass is 35.5. The maximum absolute atomic E-state index is 14.3. The van der Waals surface area contributed by atoms with Gasteiger partial charge >= 0.3 is 0 Å². The highest BCUT2D eigenvalue weighted by molar-refractivity contribution is 8.01. The van der Waals surface area contributed by atoms with Crippen LogP contribution in [0.4, 0.5) is 17.1 Å². The average Bonchev–Trinajstić information content (AvgIpc) is 3.66. The first-order chi connectivity index (χ1) is 29.7. The number of unbranched alkanes of at least 4 members (excludes halogenated alkanes) is 14. The molecule has 4 amide bonds. The molecule has 2 saturated heterocycles. The normalized spacial score (nSPS) is 17.5. The van der Waals surface area contributed by atoms with E-state index in [0.717, 1.165) is 31.0 Å². The van der Waals surface area contributed by atoms with Gasteiger partial charge in [-0.2, -0.15) is 0 Å². The number of carbonyl (C=O) groups excluding carboxylic acids is 4. The lowest BCUT2D eigenvalue weighted by molar-refractivity contribution is -0.122. The van der Waals surface area contributed by atoms with Crippen LogP contribution in [0.15, 0.2) is 76.6 Å². The van der Waals surface area contributed by atoms with Crippen LogP contribution in [0, 0.1) is 5.92 Å². The Morgan fingerprint density at radius 1 is 0.806 bits per heavy atom. The van der Waals surface area contributed by atoms with Gasteiger partial charge in [-0.3, -0.25) is 24.6 Å². The van der Waals surface area contributed by atoms with Crippen molar-refractivity contribution >= 4 is 105 Å².